The van der Waals surface area contributed by atoms with Gasteiger partial charge < -0.3 is 19.5 Å². The van der Waals surface area contributed by atoms with E-state index in [1.54, 1.807) is 18.2 Å². The summed E-state index contributed by atoms with van der Waals surface area (Å²) in [4.78, 5) is 23.7. The molecular weight excluding hydrogens is 298 g/mol. The number of methoxy groups -OCH3 is 1. The number of amides is 1. The fraction of sp³-hybridized carbons (Fsp3) is 0.412. The zero-order chi connectivity index (χ0) is 16.8. The minimum absolute atomic E-state index is 0.207. The predicted octanol–water partition coefficient (Wildman–Crippen LogP) is 2.13. The smallest absolute Gasteiger partial charge is 0.328 e. The predicted molar refractivity (Wildman–Crippen MR) is 85.0 cm³/mol. The van der Waals surface area contributed by atoms with E-state index in [4.69, 9.17) is 14.2 Å². The van der Waals surface area contributed by atoms with E-state index in [-0.39, 0.29) is 18.6 Å². The van der Waals surface area contributed by atoms with Gasteiger partial charge in [0.1, 0.15) is 6.04 Å². The lowest BCUT2D eigenvalue weighted by Crippen LogP contribution is -2.41. The van der Waals surface area contributed by atoms with Gasteiger partial charge in [0.05, 0.1) is 7.11 Å². The molecule has 2 rings (SSSR count). The third kappa shape index (κ3) is 4.74. The molecule has 1 atom stereocenters. The molecule has 0 bridgehead atoms. The molecule has 1 heterocycles. The molecule has 0 fully saturated rings. The standard InChI is InChI=1S/C17H21NO5/c1-11(2)8-13(17(20)21-3)18-16(19)7-5-12-4-6-14-15(9-12)23-10-22-14/h4-7,9,11,13H,8,10H2,1-3H3,(H,18,19)/b7-5+/t13-/m1/s1. The fourth-order valence-electron chi connectivity index (χ4n) is 2.24. The van der Waals surface area contributed by atoms with Crippen LogP contribution >= 0.6 is 0 Å². The van der Waals surface area contributed by atoms with Crippen molar-refractivity contribution < 1.29 is 23.8 Å². The first-order valence-electron chi connectivity index (χ1n) is 7.45. The number of benzene rings is 1. The maximum absolute atomic E-state index is 12.0. The second kappa shape index (κ2) is 7.67. The van der Waals surface area contributed by atoms with E-state index in [2.05, 4.69) is 5.32 Å². The van der Waals surface area contributed by atoms with E-state index in [1.807, 2.05) is 19.9 Å². The van der Waals surface area contributed by atoms with Crippen LogP contribution < -0.4 is 14.8 Å². The second-order valence-corrected chi connectivity index (χ2v) is 5.66. The highest BCUT2D eigenvalue weighted by molar-refractivity contribution is 5.94. The highest BCUT2D eigenvalue weighted by Gasteiger charge is 2.21. The largest absolute Gasteiger partial charge is 0.467 e. The van der Waals surface area contributed by atoms with Crippen LogP contribution in [-0.4, -0.2) is 31.8 Å². The van der Waals surface area contributed by atoms with Crippen molar-refractivity contribution in [2.75, 3.05) is 13.9 Å². The van der Waals surface area contributed by atoms with E-state index in [0.29, 0.717) is 17.9 Å². The van der Waals surface area contributed by atoms with E-state index in [9.17, 15) is 9.59 Å². The third-order valence-corrected chi connectivity index (χ3v) is 3.33. The van der Waals surface area contributed by atoms with Crippen LogP contribution in [0.25, 0.3) is 6.08 Å². The van der Waals surface area contributed by atoms with Crippen LogP contribution in [0.5, 0.6) is 11.5 Å². The van der Waals surface area contributed by atoms with Gasteiger partial charge in [-0.15, -0.1) is 0 Å². The Hall–Kier alpha value is -2.50. The topological polar surface area (TPSA) is 73.9 Å². The quantitative estimate of drug-likeness (QED) is 0.642. The Kier molecular flexibility index (Phi) is 5.62. The first-order valence-corrected chi connectivity index (χ1v) is 7.45. The number of ether oxygens (including phenoxy) is 3. The molecule has 0 unspecified atom stereocenters. The number of hydrogen-bond acceptors (Lipinski definition) is 5. The van der Waals surface area contributed by atoms with Gasteiger partial charge in [0.25, 0.3) is 0 Å². The van der Waals surface area contributed by atoms with Gasteiger partial charge >= 0.3 is 5.97 Å². The molecular formula is C17H21NO5. The number of nitrogens with one attached hydrogen (secondary N) is 1. The zero-order valence-electron chi connectivity index (χ0n) is 13.5. The molecule has 1 amide bonds. The highest BCUT2D eigenvalue weighted by Crippen LogP contribution is 2.32. The molecule has 124 valence electrons. The highest BCUT2D eigenvalue weighted by atomic mass is 16.7. The summed E-state index contributed by atoms with van der Waals surface area (Å²) in [7, 11) is 1.31. The number of carbonyl (C=O) groups is 2. The van der Waals surface area contributed by atoms with Crippen LogP contribution in [-0.2, 0) is 14.3 Å². The Labute approximate surface area is 135 Å². The number of rotatable bonds is 6. The van der Waals surface area contributed by atoms with E-state index in [0.717, 1.165) is 5.56 Å². The Morgan fingerprint density at radius 2 is 2.04 bits per heavy atom. The summed E-state index contributed by atoms with van der Waals surface area (Å²) in [6, 6.07) is 4.76. The van der Waals surface area contributed by atoms with Gasteiger partial charge in [-0.1, -0.05) is 19.9 Å². The molecule has 1 aromatic rings. The third-order valence-electron chi connectivity index (χ3n) is 3.33. The Balaban J connectivity index is 1.98. The molecule has 0 radical (unpaired) electrons. The SMILES string of the molecule is COC(=O)[C@@H](CC(C)C)NC(=O)/C=C/c1ccc2c(c1)OCO2. The molecule has 1 aromatic carbocycles. The maximum atomic E-state index is 12.0. The molecule has 0 saturated heterocycles. The molecule has 0 aliphatic carbocycles. The van der Waals surface area contributed by atoms with Crippen molar-refractivity contribution in [3.05, 3.63) is 29.8 Å². The van der Waals surface area contributed by atoms with Crippen molar-refractivity contribution in [3.8, 4) is 11.5 Å². The lowest BCUT2D eigenvalue weighted by Gasteiger charge is -2.17. The minimum atomic E-state index is -0.645. The Bertz CT molecular complexity index is 609. The van der Waals surface area contributed by atoms with E-state index in [1.165, 1.54) is 13.2 Å². The normalized spacial score (nSPS) is 14.1. The Morgan fingerprint density at radius 1 is 1.30 bits per heavy atom. The van der Waals surface area contributed by atoms with Gasteiger partial charge in [0, 0.05) is 6.08 Å². The van der Waals surface area contributed by atoms with Crippen molar-refractivity contribution in [3.63, 3.8) is 0 Å². The summed E-state index contributed by atoms with van der Waals surface area (Å²) in [5, 5.41) is 2.67. The van der Waals surface area contributed by atoms with Crippen LogP contribution in [0.4, 0.5) is 0 Å². The van der Waals surface area contributed by atoms with Crippen LogP contribution in [0.2, 0.25) is 0 Å². The monoisotopic (exact) mass is 319 g/mol. The van der Waals surface area contributed by atoms with Gasteiger partial charge in [-0.2, -0.15) is 0 Å². The summed E-state index contributed by atoms with van der Waals surface area (Å²) in [6.45, 7) is 4.16. The Morgan fingerprint density at radius 3 is 2.74 bits per heavy atom. The number of carbonyl (C=O) groups excluding carboxylic acids is 2. The molecule has 0 saturated carbocycles. The maximum Gasteiger partial charge on any atom is 0.328 e. The first-order chi connectivity index (χ1) is 11.0. The molecule has 0 aromatic heterocycles. The molecule has 1 aliphatic rings. The van der Waals surface area contributed by atoms with Crippen LogP contribution in [0.15, 0.2) is 24.3 Å². The van der Waals surface area contributed by atoms with Crippen LogP contribution in [0, 0.1) is 5.92 Å². The molecule has 6 nitrogen and oxygen atoms in total. The van der Waals surface area contributed by atoms with Gasteiger partial charge in [-0.3, -0.25) is 4.79 Å². The minimum Gasteiger partial charge on any atom is -0.467 e. The summed E-state index contributed by atoms with van der Waals surface area (Å²) >= 11 is 0. The lowest BCUT2D eigenvalue weighted by molar-refractivity contribution is -0.145. The van der Waals surface area contributed by atoms with Crippen molar-refractivity contribution >= 4 is 18.0 Å². The van der Waals surface area contributed by atoms with Crippen molar-refractivity contribution in [2.45, 2.75) is 26.3 Å². The molecule has 6 heteroatoms. The molecule has 23 heavy (non-hydrogen) atoms. The van der Waals surface area contributed by atoms with Crippen molar-refractivity contribution in [1.29, 1.82) is 0 Å². The molecule has 1 N–H and O–H groups in total. The van der Waals surface area contributed by atoms with Crippen LogP contribution in [0.3, 0.4) is 0 Å². The number of hydrogen-bond donors (Lipinski definition) is 1. The lowest BCUT2D eigenvalue weighted by atomic mass is 10.0. The summed E-state index contributed by atoms with van der Waals surface area (Å²) < 4.78 is 15.2. The van der Waals surface area contributed by atoms with Crippen LogP contribution in [0.1, 0.15) is 25.8 Å². The van der Waals surface area contributed by atoms with Gasteiger partial charge in [0.15, 0.2) is 11.5 Å². The summed E-state index contributed by atoms with van der Waals surface area (Å²) in [5.74, 6) is 0.813. The van der Waals surface area contributed by atoms with Gasteiger partial charge in [-0.05, 0) is 36.1 Å². The first kappa shape index (κ1) is 16.9. The fourth-order valence-corrected chi connectivity index (χ4v) is 2.24. The summed E-state index contributed by atoms with van der Waals surface area (Å²) in [5.41, 5.74) is 0.808. The van der Waals surface area contributed by atoms with Crippen molar-refractivity contribution in [1.82, 2.24) is 5.32 Å². The molecule has 0 spiro atoms. The van der Waals surface area contributed by atoms with Gasteiger partial charge in [-0.25, -0.2) is 4.79 Å². The van der Waals surface area contributed by atoms with E-state index >= 15 is 0 Å². The number of fused-ring (bicyclic) bond motifs is 1. The second-order valence-electron chi connectivity index (χ2n) is 5.66. The van der Waals surface area contributed by atoms with E-state index < -0.39 is 12.0 Å². The van der Waals surface area contributed by atoms with Crippen molar-refractivity contribution in [2.24, 2.45) is 5.92 Å². The average Bonchev–Trinajstić information content (AvgIpc) is 2.98. The average molecular weight is 319 g/mol. The molecule has 1 aliphatic heterocycles. The summed E-state index contributed by atoms with van der Waals surface area (Å²) in [6.07, 6.45) is 3.56. The zero-order valence-corrected chi connectivity index (χ0v) is 13.5. The number of esters is 1. The van der Waals surface area contributed by atoms with Gasteiger partial charge in [0.2, 0.25) is 12.7 Å².